The van der Waals surface area contributed by atoms with Gasteiger partial charge in [-0.3, -0.25) is 4.79 Å². The lowest BCUT2D eigenvalue weighted by atomic mass is 9.91. The van der Waals surface area contributed by atoms with Crippen molar-refractivity contribution in [2.75, 3.05) is 5.32 Å². The van der Waals surface area contributed by atoms with Crippen LogP contribution >= 0.6 is 23.2 Å². The van der Waals surface area contributed by atoms with E-state index in [-0.39, 0.29) is 11.2 Å². The number of hydrogen-bond donors (Lipinski definition) is 1. The third kappa shape index (κ3) is 4.41. The van der Waals surface area contributed by atoms with Gasteiger partial charge in [0.2, 0.25) is 0 Å². The number of hydrogen-bond acceptors (Lipinski definition) is 2. The highest BCUT2D eigenvalue weighted by atomic mass is 35.5. The Bertz CT molecular complexity index is 447. The van der Waals surface area contributed by atoms with E-state index in [1.54, 1.807) is 24.4 Å². The number of benzene rings is 1. The van der Waals surface area contributed by atoms with E-state index in [1.807, 2.05) is 20.8 Å². The number of rotatable bonds is 3. The molecule has 0 bridgehead atoms. The van der Waals surface area contributed by atoms with E-state index in [0.717, 1.165) is 5.69 Å². The summed E-state index contributed by atoms with van der Waals surface area (Å²) >= 11 is 11.7. The maximum Gasteiger partial charge on any atom is 0.162 e. The summed E-state index contributed by atoms with van der Waals surface area (Å²) in [6, 6.07) is 5.20. The second-order valence-corrected chi connectivity index (χ2v) is 5.54. The fourth-order valence-electron chi connectivity index (χ4n) is 1.05. The first-order chi connectivity index (χ1) is 7.80. The van der Waals surface area contributed by atoms with E-state index in [2.05, 4.69) is 5.32 Å². The third-order valence-corrected chi connectivity index (χ3v) is 2.88. The summed E-state index contributed by atoms with van der Waals surface area (Å²) < 4.78 is 0. The van der Waals surface area contributed by atoms with Gasteiger partial charge in [-0.1, -0.05) is 44.0 Å². The van der Waals surface area contributed by atoms with Crippen LogP contribution in [0.3, 0.4) is 0 Å². The van der Waals surface area contributed by atoms with E-state index in [0.29, 0.717) is 10.0 Å². The highest BCUT2D eigenvalue weighted by Crippen LogP contribution is 2.25. The van der Waals surface area contributed by atoms with Gasteiger partial charge in [-0.25, -0.2) is 0 Å². The highest BCUT2D eigenvalue weighted by molar-refractivity contribution is 6.42. The van der Waals surface area contributed by atoms with Crippen molar-refractivity contribution < 1.29 is 4.79 Å². The molecule has 1 rings (SSSR count). The lowest BCUT2D eigenvalue weighted by Gasteiger charge is -2.13. The van der Waals surface area contributed by atoms with Crippen LogP contribution in [0.4, 0.5) is 5.69 Å². The Morgan fingerprint density at radius 3 is 2.41 bits per heavy atom. The predicted octanol–water partition coefficient (Wildman–Crippen LogP) is 4.53. The van der Waals surface area contributed by atoms with E-state index < -0.39 is 0 Å². The minimum absolute atomic E-state index is 0.0602. The first kappa shape index (κ1) is 14.1. The van der Waals surface area contributed by atoms with Crippen LogP contribution in [0.5, 0.6) is 0 Å². The zero-order valence-corrected chi connectivity index (χ0v) is 11.6. The van der Waals surface area contributed by atoms with Crippen LogP contribution in [0.15, 0.2) is 30.5 Å². The average Bonchev–Trinajstić information content (AvgIpc) is 2.22. The first-order valence-electron chi connectivity index (χ1n) is 5.23. The Kier molecular flexibility index (Phi) is 4.61. The van der Waals surface area contributed by atoms with E-state index in [4.69, 9.17) is 23.2 Å². The standard InChI is InChI=1S/C13H15Cl2NO/c1-13(2,3)12(17)6-7-16-9-4-5-10(14)11(15)8-9/h4-8,16H,1-3H3. The number of anilines is 1. The third-order valence-electron chi connectivity index (χ3n) is 2.14. The molecule has 0 amide bonds. The smallest absolute Gasteiger partial charge is 0.162 e. The van der Waals surface area contributed by atoms with Crippen LogP contribution in [0.1, 0.15) is 20.8 Å². The minimum atomic E-state index is -0.365. The number of allylic oxidation sites excluding steroid dienone is 1. The lowest BCUT2D eigenvalue weighted by Crippen LogP contribution is -2.17. The van der Waals surface area contributed by atoms with Crippen molar-refractivity contribution in [3.05, 3.63) is 40.5 Å². The van der Waals surface area contributed by atoms with Gasteiger partial charge >= 0.3 is 0 Å². The average molecular weight is 272 g/mol. The monoisotopic (exact) mass is 271 g/mol. The Hall–Kier alpha value is -0.990. The summed E-state index contributed by atoms with van der Waals surface area (Å²) in [5.41, 5.74) is 0.424. The molecule has 1 N–H and O–H groups in total. The maximum absolute atomic E-state index is 11.6. The van der Waals surface area contributed by atoms with Crippen LogP contribution in [0, 0.1) is 5.41 Å². The van der Waals surface area contributed by atoms with Gasteiger partial charge < -0.3 is 5.32 Å². The molecule has 1 aromatic carbocycles. The van der Waals surface area contributed by atoms with Crippen molar-refractivity contribution in [3.63, 3.8) is 0 Å². The van der Waals surface area contributed by atoms with E-state index in [9.17, 15) is 4.79 Å². The largest absolute Gasteiger partial charge is 0.362 e. The molecule has 92 valence electrons. The van der Waals surface area contributed by atoms with Crippen LogP contribution in [-0.2, 0) is 4.79 Å². The molecule has 0 radical (unpaired) electrons. The number of halogens is 2. The van der Waals surface area contributed by atoms with Crippen LogP contribution in [0.25, 0.3) is 0 Å². The molecule has 0 saturated carbocycles. The molecule has 0 unspecified atom stereocenters. The minimum Gasteiger partial charge on any atom is -0.362 e. The van der Waals surface area contributed by atoms with Crippen LogP contribution in [-0.4, -0.2) is 5.78 Å². The molecule has 0 aliphatic heterocycles. The van der Waals surface area contributed by atoms with E-state index >= 15 is 0 Å². The molecule has 0 fully saturated rings. The Balaban J connectivity index is 2.65. The first-order valence-corrected chi connectivity index (χ1v) is 5.99. The summed E-state index contributed by atoms with van der Waals surface area (Å²) in [4.78, 5) is 11.6. The molecule has 17 heavy (non-hydrogen) atoms. The highest BCUT2D eigenvalue weighted by Gasteiger charge is 2.17. The molecular weight excluding hydrogens is 257 g/mol. The molecule has 1 aromatic rings. The van der Waals surface area contributed by atoms with Crippen LogP contribution in [0.2, 0.25) is 10.0 Å². The second kappa shape index (κ2) is 5.56. The SMILES string of the molecule is CC(C)(C)C(=O)C=CNc1ccc(Cl)c(Cl)c1. The van der Waals surface area contributed by atoms with Gasteiger partial charge in [0.05, 0.1) is 10.0 Å². The molecule has 0 aliphatic carbocycles. The summed E-state index contributed by atoms with van der Waals surface area (Å²) in [7, 11) is 0. The van der Waals surface area contributed by atoms with Crippen molar-refractivity contribution in [2.24, 2.45) is 5.41 Å². The summed E-state index contributed by atoms with van der Waals surface area (Å²) in [5.74, 6) is 0.0602. The van der Waals surface area contributed by atoms with Crippen molar-refractivity contribution in [1.29, 1.82) is 0 Å². The molecule has 0 atom stereocenters. The van der Waals surface area contributed by atoms with Gasteiger partial charge in [0.15, 0.2) is 5.78 Å². The zero-order chi connectivity index (χ0) is 13.1. The summed E-state index contributed by atoms with van der Waals surface area (Å²) in [6.45, 7) is 5.62. The molecule has 0 spiro atoms. The fourth-order valence-corrected chi connectivity index (χ4v) is 1.35. The van der Waals surface area contributed by atoms with Gasteiger partial charge in [0.1, 0.15) is 0 Å². The quantitative estimate of drug-likeness (QED) is 0.819. The second-order valence-electron chi connectivity index (χ2n) is 4.72. The molecule has 0 aromatic heterocycles. The molecule has 0 saturated heterocycles. The number of nitrogens with one attached hydrogen (secondary N) is 1. The fraction of sp³-hybridized carbons (Fsp3) is 0.308. The predicted molar refractivity (Wildman–Crippen MR) is 73.7 cm³/mol. The topological polar surface area (TPSA) is 29.1 Å². The summed E-state index contributed by atoms with van der Waals surface area (Å²) in [6.07, 6.45) is 3.12. The normalized spacial score (nSPS) is 11.8. The van der Waals surface area contributed by atoms with Crippen molar-refractivity contribution >= 4 is 34.7 Å². The number of carbonyl (C=O) groups is 1. The van der Waals surface area contributed by atoms with Gasteiger partial charge in [0, 0.05) is 17.3 Å². The number of carbonyl (C=O) groups excluding carboxylic acids is 1. The Morgan fingerprint density at radius 1 is 1.24 bits per heavy atom. The summed E-state index contributed by atoms with van der Waals surface area (Å²) in [5, 5.41) is 3.96. The van der Waals surface area contributed by atoms with Crippen LogP contribution < -0.4 is 5.32 Å². The molecule has 2 nitrogen and oxygen atoms in total. The van der Waals surface area contributed by atoms with Crippen molar-refractivity contribution in [1.82, 2.24) is 0 Å². The Morgan fingerprint density at radius 2 is 1.88 bits per heavy atom. The van der Waals surface area contributed by atoms with Gasteiger partial charge in [-0.2, -0.15) is 0 Å². The van der Waals surface area contributed by atoms with Gasteiger partial charge in [-0.05, 0) is 24.3 Å². The molecule has 0 aliphatic rings. The van der Waals surface area contributed by atoms with E-state index in [1.165, 1.54) is 6.08 Å². The van der Waals surface area contributed by atoms with Crippen molar-refractivity contribution in [3.8, 4) is 0 Å². The van der Waals surface area contributed by atoms with Crippen molar-refractivity contribution in [2.45, 2.75) is 20.8 Å². The van der Waals surface area contributed by atoms with Gasteiger partial charge in [0.25, 0.3) is 0 Å². The Labute approximate surface area is 112 Å². The molecule has 4 heteroatoms. The lowest BCUT2D eigenvalue weighted by molar-refractivity contribution is -0.121. The number of ketones is 1. The molecule has 0 heterocycles. The zero-order valence-electron chi connectivity index (χ0n) is 10.1. The van der Waals surface area contributed by atoms with Gasteiger partial charge in [-0.15, -0.1) is 0 Å². The molecular formula is C13H15Cl2NO. The maximum atomic E-state index is 11.6.